The molecular weight excluding hydrogens is 252 g/mol. The SMILES string of the molecule is c1ccc(C(NC2CC2)c2nccs2)c(C2CC2)c1. The van der Waals surface area contributed by atoms with Crippen LogP contribution in [0.1, 0.15) is 53.8 Å². The van der Waals surface area contributed by atoms with Gasteiger partial charge in [0.15, 0.2) is 0 Å². The number of rotatable bonds is 5. The van der Waals surface area contributed by atoms with Crippen molar-refractivity contribution in [2.45, 2.75) is 43.7 Å². The topological polar surface area (TPSA) is 24.9 Å². The van der Waals surface area contributed by atoms with Gasteiger partial charge in [-0.25, -0.2) is 4.98 Å². The molecule has 3 heteroatoms. The highest BCUT2D eigenvalue weighted by molar-refractivity contribution is 7.09. The third kappa shape index (κ3) is 2.45. The van der Waals surface area contributed by atoms with E-state index < -0.39 is 0 Å². The van der Waals surface area contributed by atoms with Crippen LogP contribution < -0.4 is 5.32 Å². The number of thiazole rings is 1. The minimum atomic E-state index is 0.296. The Morgan fingerprint density at radius 1 is 1.16 bits per heavy atom. The molecule has 1 unspecified atom stereocenters. The summed E-state index contributed by atoms with van der Waals surface area (Å²) in [5, 5.41) is 7.07. The fourth-order valence-corrected chi connectivity index (χ4v) is 3.41. The van der Waals surface area contributed by atoms with Gasteiger partial charge in [-0.3, -0.25) is 0 Å². The Bertz CT molecular complexity index is 556. The maximum atomic E-state index is 4.55. The van der Waals surface area contributed by atoms with Crippen molar-refractivity contribution in [3.8, 4) is 0 Å². The van der Waals surface area contributed by atoms with E-state index in [1.54, 1.807) is 11.3 Å². The van der Waals surface area contributed by atoms with E-state index in [9.17, 15) is 0 Å². The molecule has 0 amide bonds. The zero-order valence-electron chi connectivity index (χ0n) is 10.9. The van der Waals surface area contributed by atoms with Crippen LogP contribution in [0.25, 0.3) is 0 Å². The third-order valence-corrected chi connectivity index (χ3v) is 4.84. The van der Waals surface area contributed by atoms with E-state index in [1.807, 2.05) is 6.20 Å². The van der Waals surface area contributed by atoms with Crippen LogP contribution in [0.5, 0.6) is 0 Å². The van der Waals surface area contributed by atoms with E-state index in [4.69, 9.17) is 0 Å². The monoisotopic (exact) mass is 270 g/mol. The minimum absolute atomic E-state index is 0.296. The van der Waals surface area contributed by atoms with Crippen LogP contribution in [0.3, 0.4) is 0 Å². The molecule has 2 saturated carbocycles. The van der Waals surface area contributed by atoms with Gasteiger partial charge in [-0.15, -0.1) is 11.3 Å². The highest BCUT2D eigenvalue weighted by Crippen LogP contribution is 2.44. The highest BCUT2D eigenvalue weighted by atomic mass is 32.1. The molecule has 4 rings (SSSR count). The molecule has 2 aliphatic carbocycles. The van der Waals surface area contributed by atoms with Crippen molar-refractivity contribution in [2.24, 2.45) is 0 Å². The van der Waals surface area contributed by atoms with Crippen molar-refractivity contribution in [1.82, 2.24) is 10.3 Å². The lowest BCUT2D eigenvalue weighted by atomic mass is 9.97. The van der Waals surface area contributed by atoms with E-state index in [1.165, 1.54) is 41.8 Å². The van der Waals surface area contributed by atoms with Crippen molar-refractivity contribution in [3.05, 3.63) is 52.0 Å². The van der Waals surface area contributed by atoms with Gasteiger partial charge in [0, 0.05) is 17.6 Å². The normalized spacial score (nSPS) is 20.4. The first-order valence-electron chi connectivity index (χ1n) is 7.16. The molecule has 0 radical (unpaired) electrons. The third-order valence-electron chi connectivity index (χ3n) is 4.00. The fraction of sp³-hybridized carbons (Fsp3) is 0.438. The zero-order chi connectivity index (χ0) is 12.7. The van der Waals surface area contributed by atoms with Gasteiger partial charge in [0.1, 0.15) is 5.01 Å². The molecular formula is C16H18N2S. The van der Waals surface area contributed by atoms with E-state index >= 15 is 0 Å². The average molecular weight is 270 g/mol. The second-order valence-corrected chi connectivity index (χ2v) is 6.57. The van der Waals surface area contributed by atoms with Gasteiger partial charge in [0.05, 0.1) is 6.04 Å². The smallest absolute Gasteiger partial charge is 0.114 e. The molecule has 2 aromatic rings. The van der Waals surface area contributed by atoms with Crippen LogP contribution in [-0.4, -0.2) is 11.0 Å². The van der Waals surface area contributed by atoms with Crippen molar-refractivity contribution in [2.75, 3.05) is 0 Å². The summed E-state index contributed by atoms with van der Waals surface area (Å²) in [7, 11) is 0. The number of nitrogens with zero attached hydrogens (tertiary/aromatic N) is 1. The van der Waals surface area contributed by atoms with Crippen molar-refractivity contribution < 1.29 is 0 Å². The zero-order valence-corrected chi connectivity index (χ0v) is 11.7. The number of hydrogen-bond donors (Lipinski definition) is 1. The first kappa shape index (κ1) is 11.6. The molecule has 0 aliphatic heterocycles. The Morgan fingerprint density at radius 2 is 2.00 bits per heavy atom. The summed E-state index contributed by atoms with van der Waals surface area (Å²) in [5.41, 5.74) is 2.99. The molecule has 0 saturated heterocycles. The average Bonchev–Trinajstić information content (AvgIpc) is 3.37. The Kier molecular flexibility index (Phi) is 2.89. The summed E-state index contributed by atoms with van der Waals surface area (Å²) >= 11 is 1.76. The van der Waals surface area contributed by atoms with Gasteiger partial charge in [-0.1, -0.05) is 24.3 Å². The van der Waals surface area contributed by atoms with Gasteiger partial charge in [-0.2, -0.15) is 0 Å². The molecule has 1 aromatic heterocycles. The molecule has 0 bridgehead atoms. The van der Waals surface area contributed by atoms with E-state index in [2.05, 4.69) is 39.9 Å². The molecule has 98 valence electrons. The number of hydrogen-bond acceptors (Lipinski definition) is 3. The fourth-order valence-electron chi connectivity index (χ4n) is 2.70. The molecule has 0 spiro atoms. The predicted octanol–water partition coefficient (Wildman–Crippen LogP) is 3.86. The largest absolute Gasteiger partial charge is 0.301 e. The summed E-state index contributed by atoms with van der Waals surface area (Å²) in [6, 6.07) is 9.92. The molecule has 2 aliphatic rings. The summed E-state index contributed by atoms with van der Waals surface area (Å²) in [6.07, 6.45) is 7.25. The van der Waals surface area contributed by atoms with Crippen LogP contribution >= 0.6 is 11.3 Å². The van der Waals surface area contributed by atoms with Gasteiger partial charge in [0.25, 0.3) is 0 Å². The van der Waals surface area contributed by atoms with Crippen LogP contribution in [0, 0.1) is 0 Å². The molecule has 1 heterocycles. The quantitative estimate of drug-likeness (QED) is 0.892. The molecule has 1 atom stereocenters. The standard InChI is InChI=1S/C16H18N2S/c1-2-4-14(13(3-1)11-5-6-11)15(18-12-7-8-12)16-17-9-10-19-16/h1-4,9-12,15,18H,5-8H2. The van der Waals surface area contributed by atoms with Crippen molar-refractivity contribution >= 4 is 11.3 Å². The molecule has 19 heavy (non-hydrogen) atoms. The number of benzene rings is 1. The van der Waals surface area contributed by atoms with Crippen LogP contribution in [0.15, 0.2) is 35.8 Å². The van der Waals surface area contributed by atoms with Gasteiger partial charge < -0.3 is 5.32 Å². The maximum Gasteiger partial charge on any atom is 0.114 e. The van der Waals surface area contributed by atoms with E-state index in [0.29, 0.717) is 12.1 Å². The van der Waals surface area contributed by atoms with Gasteiger partial charge >= 0.3 is 0 Å². The number of aromatic nitrogens is 1. The van der Waals surface area contributed by atoms with Crippen LogP contribution in [-0.2, 0) is 0 Å². The first-order valence-corrected chi connectivity index (χ1v) is 8.04. The summed E-state index contributed by atoms with van der Waals surface area (Å²) < 4.78 is 0. The van der Waals surface area contributed by atoms with Crippen molar-refractivity contribution in [1.29, 1.82) is 0 Å². The van der Waals surface area contributed by atoms with Crippen molar-refractivity contribution in [3.63, 3.8) is 0 Å². The Morgan fingerprint density at radius 3 is 2.68 bits per heavy atom. The van der Waals surface area contributed by atoms with Crippen LogP contribution in [0.4, 0.5) is 0 Å². The lowest BCUT2D eigenvalue weighted by Gasteiger charge is -2.20. The van der Waals surface area contributed by atoms with Crippen LogP contribution in [0.2, 0.25) is 0 Å². The summed E-state index contributed by atoms with van der Waals surface area (Å²) in [5.74, 6) is 0.791. The Hall–Kier alpha value is -1.19. The maximum absolute atomic E-state index is 4.55. The summed E-state index contributed by atoms with van der Waals surface area (Å²) in [6.45, 7) is 0. The lowest BCUT2D eigenvalue weighted by Crippen LogP contribution is -2.25. The second kappa shape index (κ2) is 4.73. The van der Waals surface area contributed by atoms with Gasteiger partial charge in [-0.05, 0) is 42.7 Å². The van der Waals surface area contributed by atoms with E-state index in [-0.39, 0.29) is 0 Å². The summed E-state index contributed by atoms with van der Waals surface area (Å²) in [4.78, 5) is 4.55. The lowest BCUT2D eigenvalue weighted by molar-refractivity contribution is 0.593. The second-order valence-electron chi connectivity index (χ2n) is 5.65. The number of nitrogens with one attached hydrogen (secondary N) is 1. The first-order chi connectivity index (χ1) is 9.42. The van der Waals surface area contributed by atoms with Gasteiger partial charge in [0.2, 0.25) is 0 Å². The van der Waals surface area contributed by atoms with E-state index in [0.717, 1.165) is 5.92 Å². The minimum Gasteiger partial charge on any atom is -0.301 e. The Labute approximate surface area is 117 Å². The molecule has 1 N–H and O–H groups in total. The molecule has 2 nitrogen and oxygen atoms in total. The molecule has 2 fully saturated rings. The Balaban J connectivity index is 1.72. The molecule has 1 aromatic carbocycles. The predicted molar refractivity (Wildman–Crippen MR) is 78.5 cm³/mol. The highest BCUT2D eigenvalue weighted by Gasteiger charge is 2.32.